The summed E-state index contributed by atoms with van der Waals surface area (Å²) in [5, 5.41) is 19.3. The second kappa shape index (κ2) is 6.26. The third kappa shape index (κ3) is 3.19. The number of hydrogen-bond acceptors (Lipinski definition) is 2. The first kappa shape index (κ1) is 19.7. The van der Waals surface area contributed by atoms with Crippen LogP contribution >= 0.6 is 0 Å². The molecule has 0 heterocycles. The van der Waals surface area contributed by atoms with E-state index in [1.807, 2.05) is 6.08 Å². The third-order valence-corrected chi connectivity index (χ3v) is 6.23. The molecule has 26 heavy (non-hydrogen) atoms. The lowest BCUT2D eigenvalue weighted by Crippen LogP contribution is -2.55. The quantitative estimate of drug-likeness (QED) is 0.546. The van der Waals surface area contributed by atoms with Crippen LogP contribution in [0.2, 0.25) is 0 Å². The highest BCUT2D eigenvalue weighted by atomic mass is 19.4. The number of aliphatic hydroxyl groups excluding tert-OH is 1. The molecule has 0 radical (unpaired) electrons. The van der Waals surface area contributed by atoms with E-state index >= 15 is 0 Å². The van der Waals surface area contributed by atoms with Gasteiger partial charge >= 0.3 is 12.4 Å². The predicted octanol–water partition coefficient (Wildman–Crippen LogP) is 4.68. The van der Waals surface area contributed by atoms with Crippen molar-refractivity contribution in [2.24, 2.45) is 17.3 Å². The molecule has 0 aromatic carbocycles. The Morgan fingerprint density at radius 3 is 2.23 bits per heavy atom. The Balaban J connectivity index is 1.74. The fraction of sp³-hybridized carbons (Fsp3) is 0.778. The van der Waals surface area contributed by atoms with Crippen molar-refractivity contribution < 1.29 is 36.6 Å². The van der Waals surface area contributed by atoms with Crippen LogP contribution in [0.1, 0.15) is 44.9 Å². The van der Waals surface area contributed by atoms with Gasteiger partial charge in [-0.25, -0.2) is 0 Å². The van der Waals surface area contributed by atoms with Crippen molar-refractivity contribution >= 4 is 0 Å². The summed E-state index contributed by atoms with van der Waals surface area (Å²) < 4.78 is 76.4. The zero-order valence-electron chi connectivity index (χ0n) is 14.1. The van der Waals surface area contributed by atoms with Crippen LogP contribution in [0, 0.1) is 17.3 Å². The molecule has 0 bridgehead atoms. The number of alkyl halides is 6. The van der Waals surface area contributed by atoms with E-state index in [0.29, 0.717) is 19.3 Å². The van der Waals surface area contributed by atoms with Crippen LogP contribution in [-0.2, 0) is 0 Å². The molecule has 0 spiro atoms. The van der Waals surface area contributed by atoms with Gasteiger partial charge in [0.15, 0.2) is 0 Å². The molecule has 2 nitrogen and oxygen atoms in total. The molecule has 0 aliphatic heterocycles. The zero-order chi connectivity index (χ0) is 19.4. The highest BCUT2D eigenvalue weighted by molar-refractivity contribution is 5.31. The first-order valence-corrected chi connectivity index (χ1v) is 8.83. The molecule has 2 saturated carbocycles. The summed E-state index contributed by atoms with van der Waals surface area (Å²) in [6, 6.07) is 0. The molecule has 2 fully saturated rings. The molecule has 0 amide bonds. The Hall–Kier alpha value is -1.02. The van der Waals surface area contributed by atoms with Gasteiger partial charge in [-0.1, -0.05) is 24.1 Å². The lowest BCUT2D eigenvalue weighted by atomic mass is 9.72. The lowest BCUT2D eigenvalue weighted by Gasteiger charge is -2.35. The summed E-state index contributed by atoms with van der Waals surface area (Å²) in [6.07, 6.45) is -4.71. The van der Waals surface area contributed by atoms with Gasteiger partial charge in [0.1, 0.15) is 0 Å². The van der Waals surface area contributed by atoms with E-state index in [-0.39, 0.29) is 24.3 Å². The molecule has 148 valence electrons. The minimum absolute atomic E-state index is 0.0343. The molecule has 0 saturated heterocycles. The van der Waals surface area contributed by atoms with E-state index in [0.717, 1.165) is 30.9 Å². The molecule has 3 aliphatic rings. The second-order valence-corrected chi connectivity index (χ2v) is 7.81. The number of hydrogen-bond donors (Lipinski definition) is 2. The van der Waals surface area contributed by atoms with E-state index in [2.05, 4.69) is 0 Å². The molecule has 3 rings (SSSR count). The van der Waals surface area contributed by atoms with Crippen molar-refractivity contribution in [2.75, 3.05) is 0 Å². The Kier molecular flexibility index (Phi) is 4.75. The van der Waals surface area contributed by atoms with E-state index in [1.54, 1.807) is 0 Å². The van der Waals surface area contributed by atoms with Gasteiger partial charge in [0, 0.05) is 0 Å². The van der Waals surface area contributed by atoms with Crippen molar-refractivity contribution in [3.05, 3.63) is 23.8 Å². The summed E-state index contributed by atoms with van der Waals surface area (Å²) in [5.74, 6) is 0.279. The minimum atomic E-state index is -5.83. The van der Waals surface area contributed by atoms with E-state index < -0.39 is 29.5 Å². The molecule has 3 atom stereocenters. The summed E-state index contributed by atoms with van der Waals surface area (Å²) >= 11 is 0. The normalized spacial score (nSPS) is 31.8. The van der Waals surface area contributed by atoms with Gasteiger partial charge in [0.25, 0.3) is 5.60 Å². The van der Waals surface area contributed by atoms with Crippen molar-refractivity contribution in [3.8, 4) is 0 Å². The number of aliphatic hydroxyl groups is 2. The Morgan fingerprint density at radius 2 is 1.69 bits per heavy atom. The smallest absolute Gasteiger partial charge is 0.393 e. The van der Waals surface area contributed by atoms with Gasteiger partial charge in [0.2, 0.25) is 0 Å². The van der Waals surface area contributed by atoms with E-state index in [1.165, 1.54) is 0 Å². The average molecular weight is 384 g/mol. The molecule has 0 aromatic rings. The first-order valence-electron chi connectivity index (χ1n) is 8.83. The Labute approximate surface area is 147 Å². The fourth-order valence-electron chi connectivity index (χ4n) is 4.54. The van der Waals surface area contributed by atoms with E-state index in [9.17, 15) is 36.6 Å². The number of allylic oxidation sites excluding steroid dienone is 3. The summed E-state index contributed by atoms with van der Waals surface area (Å²) in [4.78, 5) is 0. The highest BCUT2D eigenvalue weighted by Crippen LogP contribution is 2.62. The maximum Gasteiger partial charge on any atom is 0.429 e. The molecular formula is C18H22F6O2. The largest absolute Gasteiger partial charge is 0.429 e. The standard InChI is InChI=1S/C18H22F6O2/c19-17(20,21)16(26,18(22,23)24)8-2-7-15(9-10-15)13-6-5-12-11(13)3-1-4-14(12)25/h2,6,8,11-12,14,25-26H,1,3-5,7,9-10H2/b8-2-. The molecule has 2 N–H and O–H groups in total. The first-order chi connectivity index (χ1) is 11.9. The van der Waals surface area contributed by atoms with Crippen LogP contribution in [0.3, 0.4) is 0 Å². The zero-order valence-corrected chi connectivity index (χ0v) is 14.1. The molecular weight excluding hydrogens is 362 g/mol. The fourth-order valence-corrected chi connectivity index (χ4v) is 4.54. The SMILES string of the molecule is OC1CCCC2C(C3(C/C=C\C(O)(C(F)(F)F)C(F)(F)F)CC3)=CCC12. The number of fused-ring (bicyclic) bond motifs is 1. The Morgan fingerprint density at radius 1 is 1.08 bits per heavy atom. The van der Waals surface area contributed by atoms with Crippen molar-refractivity contribution in [3.63, 3.8) is 0 Å². The minimum Gasteiger partial charge on any atom is -0.393 e. The van der Waals surface area contributed by atoms with Crippen LogP contribution in [0.4, 0.5) is 26.3 Å². The Bertz CT molecular complexity index is 586. The topological polar surface area (TPSA) is 40.5 Å². The molecule has 8 heteroatoms. The van der Waals surface area contributed by atoms with Crippen LogP contribution in [0.15, 0.2) is 23.8 Å². The van der Waals surface area contributed by atoms with Gasteiger partial charge in [-0.2, -0.15) is 26.3 Å². The number of rotatable bonds is 4. The van der Waals surface area contributed by atoms with Crippen LogP contribution in [-0.4, -0.2) is 34.3 Å². The number of halogens is 6. The maximum absolute atomic E-state index is 12.7. The monoisotopic (exact) mass is 384 g/mol. The lowest BCUT2D eigenvalue weighted by molar-refractivity contribution is -0.347. The molecule has 0 aromatic heterocycles. The highest BCUT2D eigenvalue weighted by Gasteiger charge is 2.69. The maximum atomic E-state index is 12.7. The van der Waals surface area contributed by atoms with Crippen LogP contribution in [0.25, 0.3) is 0 Å². The summed E-state index contributed by atoms with van der Waals surface area (Å²) in [6.45, 7) is 0. The van der Waals surface area contributed by atoms with E-state index in [4.69, 9.17) is 0 Å². The van der Waals surface area contributed by atoms with Crippen molar-refractivity contribution in [1.82, 2.24) is 0 Å². The third-order valence-electron chi connectivity index (χ3n) is 6.23. The summed E-state index contributed by atoms with van der Waals surface area (Å²) in [7, 11) is 0. The van der Waals surface area contributed by atoms with Gasteiger partial charge < -0.3 is 10.2 Å². The van der Waals surface area contributed by atoms with Gasteiger partial charge in [-0.15, -0.1) is 0 Å². The van der Waals surface area contributed by atoms with Crippen LogP contribution < -0.4 is 0 Å². The van der Waals surface area contributed by atoms with Crippen LogP contribution in [0.5, 0.6) is 0 Å². The predicted molar refractivity (Wildman–Crippen MR) is 82.0 cm³/mol. The van der Waals surface area contributed by atoms with Gasteiger partial charge in [-0.3, -0.25) is 0 Å². The average Bonchev–Trinajstić information content (AvgIpc) is 3.15. The molecule has 3 unspecified atom stereocenters. The van der Waals surface area contributed by atoms with Gasteiger partial charge in [-0.05, 0) is 61.9 Å². The second-order valence-electron chi connectivity index (χ2n) is 7.81. The van der Waals surface area contributed by atoms with Gasteiger partial charge in [0.05, 0.1) is 6.10 Å². The van der Waals surface area contributed by atoms with Crippen molar-refractivity contribution in [1.29, 1.82) is 0 Å². The van der Waals surface area contributed by atoms with Crippen molar-refractivity contribution in [2.45, 2.75) is 69.0 Å². The summed E-state index contributed by atoms with van der Waals surface area (Å²) in [5.41, 5.74) is -4.16. The molecule has 3 aliphatic carbocycles.